The summed E-state index contributed by atoms with van der Waals surface area (Å²) in [5.74, 6) is 0.903. The fourth-order valence-corrected chi connectivity index (χ4v) is 3.41. The monoisotopic (exact) mass is 170 g/mol. The number of fused-ring (bicyclic) bond motifs is 2. The van der Waals surface area contributed by atoms with Crippen LogP contribution in [-0.4, -0.2) is 22.4 Å². The van der Waals surface area contributed by atoms with Gasteiger partial charge in [-0.2, -0.15) is 0 Å². The minimum Gasteiger partial charge on any atom is -0.393 e. The first-order valence-corrected chi connectivity index (χ1v) is 4.82. The highest BCUT2D eigenvalue weighted by Crippen LogP contribution is 2.61. The summed E-state index contributed by atoms with van der Waals surface area (Å²) >= 11 is 0. The third-order valence-corrected chi connectivity index (χ3v) is 4.26. The summed E-state index contributed by atoms with van der Waals surface area (Å²) < 4.78 is 0. The molecule has 0 aliphatic heterocycles. The van der Waals surface area contributed by atoms with Gasteiger partial charge in [0.05, 0.1) is 12.2 Å². The Morgan fingerprint density at radius 1 is 1.25 bits per heavy atom. The molecular weight excluding hydrogens is 152 g/mol. The van der Waals surface area contributed by atoms with Crippen molar-refractivity contribution in [3.05, 3.63) is 0 Å². The standard InChI is InChI=1S/C10H18O2/c1-5-7(11)4-6-9(12)8(5)10(6,2)3/h5-9,11-12H,4H2,1-3H3/t5-,6+,7+,8-,9-/m1/s1. The molecule has 0 radical (unpaired) electrons. The van der Waals surface area contributed by atoms with E-state index in [1.807, 2.05) is 0 Å². The lowest BCUT2D eigenvalue weighted by molar-refractivity contribution is -0.238. The quantitative estimate of drug-likeness (QED) is 0.570. The van der Waals surface area contributed by atoms with E-state index < -0.39 is 0 Å². The molecule has 0 aromatic heterocycles. The number of aliphatic hydroxyl groups is 2. The third kappa shape index (κ3) is 0.775. The highest BCUT2D eigenvalue weighted by Gasteiger charge is 2.62. The number of hydrogen-bond donors (Lipinski definition) is 2. The molecule has 3 saturated carbocycles. The second-order valence-corrected chi connectivity index (χ2v) is 5.11. The number of rotatable bonds is 0. The zero-order valence-electron chi connectivity index (χ0n) is 7.99. The molecule has 0 spiro atoms. The Morgan fingerprint density at radius 2 is 1.83 bits per heavy atom. The van der Waals surface area contributed by atoms with Crippen LogP contribution in [0.25, 0.3) is 0 Å². The first kappa shape index (κ1) is 8.52. The molecule has 0 unspecified atom stereocenters. The van der Waals surface area contributed by atoms with Crippen LogP contribution >= 0.6 is 0 Å². The van der Waals surface area contributed by atoms with Crippen molar-refractivity contribution in [3.8, 4) is 0 Å². The second kappa shape index (κ2) is 2.24. The normalized spacial score (nSPS) is 56.2. The SMILES string of the molecule is C[C@H]1[C@@H]2[C@H](O)[C@H](C[C@@H]1O)C2(C)C. The van der Waals surface area contributed by atoms with Gasteiger partial charge in [-0.05, 0) is 29.6 Å². The van der Waals surface area contributed by atoms with Crippen molar-refractivity contribution in [3.63, 3.8) is 0 Å². The smallest absolute Gasteiger partial charge is 0.0611 e. The van der Waals surface area contributed by atoms with Gasteiger partial charge >= 0.3 is 0 Å². The molecule has 2 nitrogen and oxygen atoms in total. The van der Waals surface area contributed by atoms with Crippen molar-refractivity contribution >= 4 is 0 Å². The Bertz CT molecular complexity index is 200. The van der Waals surface area contributed by atoms with Crippen molar-refractivity contribution in [2.75, 3.05) is 0 Å². The maximum Gasteiger partial charge on any atom is 0.0611 e. The van der Waals surface area contributed by atoms with Gasteiger partial charge < -0.3 is 10.2 Å². The summed E-state index contributed by atoms with van der Waals surface area (Å²) in [6, 6.07) is 0. The lowest BCUT2D eigenvalue weighted by Crippen LogP contribution is -2.66. The van der Waals surface area contributed by atoms with E-state index in [1.54, 1.807) is 0 Å². The summed E-state index contributed by atoms with van der Waals surface area (Å²) in [7, 11) is 0. The highest BCUT2D eigenvalue weighted by molar-refractivity contribution is 5.10. The molecular formula is C10H18O2. The first-order chi connectivity index (χ1) is 5.46. The van der Waals surface area contributed by atoms with Crippen LogP contribution in [0.5, 0.6) is 0 Å². The van der Waals surface area contributed by atoms with E-state index in [1.165, 1.54) is 0 Å². The maximum atomic E-state index is 9.74. The number of hydrogen-bond acceptors (Lipinski definition) is 2. The molecule has 0 amide bonds. The van der Waals surface area contributed by atoms with E-state index in [4.69, 9.17) is 0 Å². The second-order valence-electron chi connectivity index (χ2n) is 5.11. The Morgan fingerprint density at radius 3 is 2.17 bits per heavy atom. The van der Waals surface area contributed by atoms with Crippen molar-refractivity contribution < 1.29 is 10.2 Å². The van der Waals surface area contributed by atoms with Crippen LogP contribution in [0.1, 0.15) is 27.2 Å². The summed E-state index contributed by atoms with van der Waals surface area (Å²) in [5, 5.41) is 19.4. The van der Waals surface area contributed by atoms with Crippen LogP contribution in [0, 0.1) is 23.2 Å². The average Bonchev–Trinajstić information content (AvgIpc) is 1.96. The molecule has 3 rings (SSSR count). The molecule has 2 N–H and O–H groups in total. The van der Waals surface area contributed by atoms with E-state index >= 15 is 0 Å². The minimum atomic E-state index is -0.184. The molecule has 2 heteroatoms. The van der Waals surface area contributed by atoms with E-state index in [0.717, 1.165) is 6.42 Å². The predicted octanol–water partition coefficient (Wildman–Crippen LogP) is 1.02. The fraction of sp³-hybridized carbons (Fsp3) is 1.00. The van der Waals surface area contributed by atoms with Crippen LogP contribution in [0.3, 0.4) is 0 Å². The van der Waals surface area contributed by atoms with Gasteiger partial charge in [-0.1, -0.05) is 20.8 Å². The Kier molecular flexibility index (Phi) is 1.59. The van der Waals surface area contributed by atoms with Crippen LogP contribution in [0.4, 0.5) is 0 Å². The third-order valence-electron chi connectivity index (χ3n) is 4.26. The van der Waals surface area contributed by atoms with E-state index in [2.05, 4.69) is 20.8 Å². The fourth-order valence-electron chi connectivity index (χ4n) is 3.41. The van der Waals surface area contributed by atoms with Gasteiger partial charge in [0.25, 0.3) is 0 Å². The van der Waals surface area contributed by atoms with Gasteiger partial charge in [-0.25, -0.2) is 0 Å². The Hall–Kier alpha value is -0.0800. The molecule has 3 aliphatic carbocycles. The average molecular weight is 170 g/mol. The molecule has 12 heavy (non-hydrogen) atoms. The van der Waals surface area contributed by atoms with Gasteiger partial charge in [0.1, 0.15) is 0 Å². The minimum absolute atomic E-state index is 0.154. The summed E-state index contributed by atoms with van der Waals surface area (Å²) in [6.07, 6.45) is 0.445. The predicted molar refractivity (Wildman–Crippen MR) is 46.6 cm³/mol. The van der Waals surface area contributed by atoms with Crippen molar-refractivity contribution in [1.29, 1.82) is 0 Å². The first-order valence-electron chi connectivity index (χ1n) is 4.82. The molecule has 2 bridgehead atoms. The molecule has 0 aromatic rings. The van der Waals surface area contributed by atoms with E-state index in [0.29, 0.717) is 11.8 Å². The number of aliphatic hydroxyl groups excluding tert-OH is 2. The van der Waals surface area contributed by atoms with Gasteiger partial charge in [0.2, 0.25) is 0 Å². The van der Waals surface area contributed by atoms with Crippen molar-refractivity contribution in [2.45, 2.75) is 39.4 Å². The lowest BCUT2D eigenvalue weighted by Gasteiger charge is -2.64. The maximum absolute atomic E-state index is 9.74. The molecule has 70 valence electrons. The zero-order chi connectivity index (χ0) is 9.09. The molecule has 5 atom stereocenters. The molecule has 0 heterocycles. The largest absolute Gasteiger partial charge is 0.393 e. The van der Waals surface area contributed by atoms with Crippen LogP contribution < -0.4 is 0 Å². The Labute approximate surface area is 73.6 Å². The van der Waals surface area contributed by atoms with Gasteiger partial charge in [-0.3, -0.25) is 0 Å². The lowest BCUT2D eigenvalue weighted by atomic mass is 9.43. The molecule has 3 fully saturated rings. The zero-order valence-corrected chi connectivity index (χ0v) is 7.99. The van der Waals surface area contributed by atoms with E-state index in [-0.39, 0.29) is 23.5 Å². The van der Waals surface area contributed by atoms with Crippen molar-refractivity contribution in [2.24, 2.45) is 23.2 Å². The molecule has 0 aromatic carbocycles. The summed E-state index contributed by atoms with van der Waals surface area (Å²) in [5.41, 5.74) is 0.248. The highest BCUT2D eigenvalue weighted by atomic mass is 16.3. The van der Waals surface area contributed by atoms with Crippen LogP contribution in [0.2, 0.25) is 0 Å². The molecule has 0 saturated heterocycles. The summed E-state index contributed by atoms with van der Waals surface area (Å²) in [6.45, 7) is 6.46. The topological polar surface area (TPSA) is 40.5 Å². The molecule has 3 aliphatic rings. The van der Waals surface area contributed by atoms with Crippen molar-refractivity contribution in [1.82, 2.24) is 0 Å². The Balaban J connectivity index is 2.23. The van der Waals surface area contributed by atoms with Crippen LogP contribution in [-0.2, 0) is 0 Å². The summed E-state index contributed by atoms with van der Waals surface area (Å²) in [4.78, 5) is 0. The van der Waals surface area contributed by atoms with Crippen LogP contribution in [0.15, 0.2) is 0 Å². The van der Waals surface area contributed by atoms with E-state index in [9.17, 15) is 10.2 Å². The van der Waals surface area contributed by atoms with Gasteiger partial charge in [0, 0.05) is 0 Å². The van der Waals surface area contributed by atoms with Gasteiger partial charge in [0.15, 0.2) is 0 Å². The van der Waals surface area contributed by atoms with Gasteiger partial charge in [-0.15, -0.1) is 0 Å².